The second kappa shape index (κ2) is 5.45. The molecule has 5 nitrogen and oxygen atoms in total. The van der Waals surface area contributed by atoms with E-state index in [1.165, 1.54) is 0 Å². The Morgan fingerprint density at radius 2 is 2.50 bits per heavy atom. The molecule has 1 unspecified atom stereocenters. The van der Waals surface area contributed by atoms with E-state index in [1.54, 1.807) is 19.5 Å². The number of hydrogen-bond acceptors (Lipinski definition) is 5. The van der Waals surface area contributed by atoms with Crippen LogP contribution < -0.4 is 9.64 Å². The lowest BCUT2D eigenvalue weighted by Gasteiger charge is -2.35. The zero-order valence-electron chi connectivity index (χ0n) is 9.10. The molecule has 1 fully saturated rings. The van der Waals surface area contributed by atoms with Gasteiger partial charge in [-0.15, -0.1) is 0 Å². The van der Waals surface area contributed by atoms with E-state index in [-0.39, 0.29) is 0 Å². The van der Waals surface area contributed by atoms with E-state index in [0.717, 1.165) is 24.3 Å². The average molecular weight is 288 g/mol. The highest BCUT2D eigenvalue weighted by molar-refractivity contribution is 9.09. The molecule has 16 heavy (non-hydrogen) atoms. The topological polar surface area (TPSA) is 47.5 Å². The number of methoxy groups -OCH3 is 1. The van der Waals surface area contributed by atoms with E-state index in [0.29, 0.717) is 18.5 Å². The highest BCUT2D eigenvalue weighted by Crippen LogP contribution is 2.19. The first-order valence-corrected chi connectivity index (χ1v) is 6.23. The van der Waals surface area contributed by atoms with Gasteiger partial charge in [-0.05, 0) is 0 Å². The van der Waals surface area contributed by atoms with Crippen LogP contribution in [0.4, 0.5) is 5.82 Å². The summed E-state index contributed by atoms with van der Waals surface area (Å²) in [5.41, 5.74) is 0. The predicted octanol–water partition coefficient (Wildman–Crippen LogP) is 1.09. The molecule has 0 saturated carbocycles. The smallest absolute Gasteiger partial charge is 0.233 e. The third kappa shape index (κ3) is 2.44. The van der Waals surface area contributed by atoms with Crippen molar-refractivity contribution in [2.45, 2.75) is 6.04 Å². The summed E-state index contributed by atoms with van der Waals surface area (Å²) in [6.07, 6.45) is 3.36. The number of morpholine rings is 1. The summed E-state index contributed by atoms with van der Waals surface area (Å²) in [7, 11) is 1.59. The molecule has 0 spiro atoms. The van der Waals surface area contributed by atoms with Crippen molar-refractivity contribution in [3.05, 3.63) is 12.4 Å². The lowest BCUT2D eigenvalue weighted by molar-refractivity contribution is 0.0999. The van der Waals surface area contributed by atoms with Gasteiger partial charge >= 0.3 is 0 Å². The fraction of sp³-hybridized carbons (Fsp3) is 0.600. The normalized spacial score (nSPS) is 20.9. The van der Waals surface area contributed by atoms with Gasteiger partial charge in [-0.1, -0.05) is 15.9 Å². The highest BCUT2D eigenvalue weighted by Gasteiger charge is 2.23. The summed E-state index contributed by atoms with van der Waals surface area (Å²) in [6, 6.07) is 0.301. The lowest BCUT2D eigenvalue weighted by atomic mass is 10.2. The monoisotopic (exact) mass is 287 g/mol. The van der Waals surface area contributed by atoms with E-state index >= 15 is 0 Å². The molecule has 1 aromatic rings. The molecule has 2 rings (SSSR count). The summed E-state index contributed by atoms with van der Waals surface area (Å²) in [4.78, 5) is 10.7. The van der Waals surface area contributed by atoms with Crippen molar-refractivity contribution in [2.24, 2.45) is 0 Å². The molecule has 1 atom stereocenters. The van der Waals surface area contributed by atoms with E-state index in [2.05, 4.69) is 30.8 Å². The summed E-state index contributed by atoms with van der Waals surface area (Å²) < 4.78 is 10.5. The van der Waals surface area contributed by atoms with Crippen LogP contribution in [0.25, 0.3) is 0 Å². The fourth-order valence-electron chi connectivity index (χ4n) is 1.66. The first-order chi connectivity index (χ1) is 7.85. The molecule has 1 saturated heterocycles. The fourth-order valence-corrected chi connectivity index (χ4v) is 2.20. The standard InChI is InChI=1S/C10H14BrN3O2/c1-15-10-6-12-5-9(13-10)14-2-3-16-7-8(14)4-11/h5-6,8H,2-4,7H2,1H3. The van der Waals surface area contributed by atoms with Crippen LogP contribution in [0, 0.1) is 0 Å². The Morgan fingerprint density at radius 3 is 3.25 bits per heavy atom. The Labute approximate surface area is 103 Å². The van der Waals surface area contributed by atoms with Crippen molar-refractivity contribution >= 4 is 21.7 Å². The summed E-state index contributed by atoms with van der Waals surface area (Å²) in [6.45, 7) is 2.27. The molecule has 1 aliphatic rings. The predicted molar refractivity (Wildman–Crippen MR) is 64.3 cm³/mol. The zero-order valence-corrected chi connectivity index (χ0v) is 10.7. The quantitative estimate of drug-likeness (QED) is 0.779. The number of aromatic nitrogens is 2. The Kier molecular flexibility index (Phi) is 3.95. The lowest BCUT2D eigenvalue weighted by Crippen LogP contribution is -2.47. The van der Waals surface area contributed by atoms with Crippen LogP contribution in [0.2, 0.25) is 0 Å². The molecule has 1 aliphatic heterocycles. The van der Waals surface area contributed by atoms with Gasteiger partial charge in [0.25, 0.3) is 0 Å². The van der Waals surface area contributed by atoms with E-state index < -0.39 is 0 Å². The Morgan fingerprint density at radius 1 is 1.62 bits per heavy atom. The number of ether oxygens (including phenoxy) is 2. The van der Waals surface area contributed by atoms with Crippen LogP contribution in [-0.4, -0.2) is 48.2 Å². The Hall–Kier alpha value is -0.880. The third-order valence-electron chi connectivity index (χ3n) is 2.51. The van der Waals surface area contributed by atoms with Gasteiger partial charge in [0.15, 0.2) is 5.82 Å². The molecule has 0 amide bonds. The molecule has 6 heteroatoms. The van der Waals surface area contributed by atoms with Crippen molar-refractivity contribution in [1.82, 2.24) is 9.97 Å². The molecule has 0 radical (unpaired) electrons. The SMILES string of the molecule is COc1cncc(N2CCOCC2CBr)n1. The van der Waals surface area contributed by atoms with Gasteiger partial charge in [0.1, 0.15) is 0 Å². The maximum absolute atomic E-state index is 5.43. The number of hydrogen-bond donors (Lipinski definition) is 0. The van der Waals surface area contributed by atoms with Crippen LogP contribution >= 0.6 is 15.9 Å². The van der Waals surface area contributed by atoms with Gasteiger partial charge in [0.2, 0.25) is 5.88 Å². The largest absolute Gasteiger partial charge is 0.480 e. The maximum Gasteiger partial charge on any atom is 0.233 e. The van der Waals surface area contributed by atoms with E-state index in [4.69, 9.17) is 9.47 Å². The highest BCUT2D eigenvalue weighted by atomic mass is 79.9. The Bertz CT molecular complexity index is 351. The van der Waals surface area contributed by atoms with Gasteiger partial charge in [-0.2, -0.15) is 4.98 Å². The van der Waals surface area contributed by atoms with Crippen molar-refractivity contribution in [3.63, 3.8) is 0 Å². The molecule has 1 aromatic heterocycles. The summed E-state index contributed by atoms with van der Waals surface area (Å²) in [5.74, 6) is 1.38. The molecular formula is C10H14BrN3O2. The van der Waals surface area contributed by atoms with Crippen LogP contribution in [0.15, 0.2) is 12.4 Å². The van der Waals surface area contributed by atoms with E-state index in [1.807, 2.05) is 0 Å². The van der Waals surface area contributed by atoms with Crippen molar-refractivity contribution in [2.75, 3.05) is 37.1 Å². The van der Waals surface area contributed by atoms with Crippen LogP contribution in [-0.2, 0) is 4.74 Å². The number of nitrogens with zero attached hydrogens (tertiary/aromatic N) is 3. The summed E-state index contributed by atoms with van der Waals surface area (Å²) >= 11 is 3.48. The maximum atomic E-state index is 5.43. The number of rotatable bonds is 3. The van der Waals surface area contributed by atoms with Crippen molar-refractivity contribution in [1.29, 1.82) is 0 Å². The first-order valence-electron chi connectivity index (χ1n) is 5.11. The molecule has 2 heterocycles. The van der Waals surface area contributed by atoms with Crippen molar-refractivity contribution < 1.29 is 9.47 Å². The van der Waals surface area contributed by atoms with E-state index in [9.17, 15) is 0 Å². The molecule has 88 valence electrons. The molecule has 0 aromatic carbocycles. The van der Waals surface area contributed by atoms with Gasteiger partial charge in [0.05, 0.1) is 38.8 Å². The molecular weight excluding hydrogens is 274 g/mol. The molecule has 0 aliphatic carbocycles. The molecule has 0 bridgehead atoms. The van der Waals surface area contributed by atoms with Gasteiger partial charge in [-0.25, -0.2) is 0 Å². The summed E-state index contributed by atoms with van der Waals surface area (Å²) in [5, 5.41) is 0.853. The minimum Gasteiger partial charge on any atom is -0.480 e. The van der Waals surface area contributed by atoms with Crippen LogP contribution in [0.1, 0.15) is 0 Å². The van der Waals surface area contributed by atoms with Gasteiger partial charge < -0.3 is 14.4 Å². The van der Waals surface area contributed by atoms with Crippen LogP contribution in [0.5, 0.6) is 5.88 Å². The van der Waals surface area contributed by atoms with Crippen molar-refractivity contribution in [3.8, 4) is 5.88 Å². The minimum absolute atomic E-state index is 0.301. The third-order valence-corrected chi connectivity index (χ3v) is 3.26. The average Bonchev–Trinajstić information content (AvgIpc) is 2.38. The first kappa shape index (κ1) is 11.6. The van der Waals surface area contributed by atoms with Gasteiger partial charge in [0, 0.05) is 11.9 Å². The number of alkyl halides is 1. The molecule has 0 N–H and O–H groups in total. The number of halogens is 1. The second-order valence-electron chi connectivity index (χ2n) is 3.50. The van der Waals surface area contributed by atoms with Crippen LogP contribution in [0.3, 0.4) is 0 Å². The Balaban J connectivity index is 2.20. The second-order valence-corrected chi connectivity index (χ2v) is 4.14. The minimum atomic E-state index is 0.301. The van der Waals surface area contributed by atoms with Gasteiger partial charge in [-0.3, -0.25) is 4.98 Å². The zero-order chi connectivity index (χ0) is 11.4. The number of anilines is 1.